The van der Waals surface area contributed by atoms with Crippen molar-refractivity contribution in [3.8, 4) is 11.5 Å². The molecule has 1 saturated heterocycles. The number of methoxy groups -OCH3 is 2. The summed E-state index contributed by atoms with van der Waals surface area (Å²) in [6.45, 7) is 6.13. The molecule has 3 aromatic rings. The lowest BCUT2D eigenvalue weighted by atomic mass is 10.1. The van der Waals surface area contributed by atoms with Crippen LogP contribution in [0.2, 0.25) is 0 Å². The van der Waals surface area contributed by atoms with Crippen LogP contribution in [0, 0.1) is 6.92 Å². The summed E-state index contributed by atoms with van der Waals surface area (Å²) in [4.78, 5) is 22.3. The van der Waals surface area contributed by atoms with E-state index in [1.165, 1.54) is 0 Å². The van der Waals surface area contributed by atoms with Gasteiger partial charge in [-0.3, -0.25) is 4.79 Å². The molecule has 7 nitrogen and oxygen atoms in total. The van der Waals surface area contributed by atoms with Gasteiger partial charge < -0.3 is 24.6 Å². The lowest BCUT2D eigenvalue weighted by molar-refractivity contribution is 0.102. The third kappa shape index (κ3) is 4.41. The Morgan fingerprint density at radius 2 is 1.71 bits per heavy atom. The van der Waals surface area contributed by atoms with E-state index >= 15 is 0 Å². The number of rotatable bonds is 5. The molecule has 0 spiro atoms. The van der Waals surface area contributed by atoms with Gasteiger partial charge in [0.15, 0.2) is 11.5 Å². The predicted molar refractivity (Wildman–Crippen MR) is 124 cm³/mol. The molecule has 7 heteroatoms. The molecule has 1 fully saturated rings. The number of pyridine rings is 1. The number of amides is 1. The summed E-state index contributed by atoms with van der Waals surface area (Å²) < 4.78 is 10.5. The van der Waals surface area contributed by atoms with Crippen LogP contribution >= 0.6 is 0 Å². The van der Waals surface area contributed by atoms with Gasteiger partial charge in [-0.05, 0) is 62.0 Å². The molecule has 4 rings (SSSR count). The number of ether oxygens (including phenoxy) is 2. The molecule has 1 aliphatic heterocycles. The molecule has 0 aliphatic carbocycles. The molecule has 2 aromatic carbocycles. The van der Waals surface area contributed by atoms with E-state index in [0.717, 1.165) is 54.2 Å². The molecule has 0 unspecified atom stereocenters. The van der Waals surface area contributed by atoms with Crippen molar-refractivity contribution in [3.63, 3.8) is 0 Å². The molecule has 31 heavy (non-hydrogen) atoms. The molecule has 162 valence electrons. The van der Waals surface area contributed by atoms with Crippen molar-refractivity contribution in [3.05, 3.63) is 53.6 Å². The zero-order valence-electron chi connectivity index (χ0n) is 18.4. The molecule has 0 bridgehead atoms. The average Bonchev–Trinajstić information content (AvgIpc) is 2.79. The number of benzene rings is 2. The SMILES string of the molecule is COc1ccc(C(=O)Nc2ccc3nc(N4CCN(C)CC4)cc(C)c3c2)cc1OC. The normalized spacial score (nSPS) is 14.5. The summed E-state index contributed by atoms with van der Waals surface area (Å²) in [5.74, 6) is 1.91. The van der Waals surface area contributed by atoms with E-state index in [1.54, 1.807) is 32.4 Å². The summed E-state index contributed by atoms with van der Waals surface area (Å²) in [7, 11) is 5.27. The highest BCUT2D eigenvalue weighted by atomic mass is 16.5. The van der Waals surface area contributed by atoms with Crippen LogP contribution in [0.15, 0.2) is 42.5 Å². The first-order chi connectivity index (χ1) is 15.0. The van der Waals surface area contributed by atoms with Gasteiger partial charge in [-0.1, -0.05) is 0 Å². The number of anilines is 2. The minimum atomic E-state index is -0.208. The minimum absolute atomic E-state index is 0.208. The number of hydrogen-bond donors (Lipinski definition) is 1. The van der Waals surface area contributed by atoms with Crippen molar-refractivity contribution >= 4 is 28.3 Å². The highest BCUT2D eigenvalue weighted by Gasteiger charge is 2.17. The number of likely N-dealkylation sites (N-methyl/N-ethyl adjacent to an activating group) is 1. The Morgan fingerprint density at radius 1 is 0.968 bits per heavy atom. The number of aryl methyl sites for hydroxylation is 1. The lowest BCUT2D eigenvalue weighted by Gasteiger charge is -2.33. The number of nitrogens with zero attached hydrogens (tertiary/aromatic N) is 3. The third-order valence-electron chi connectivity index (χ3n) is 5.73. The van der Waals surface area contributed by atoms with E-state index < -0.39 is 0 Å². The Morgan fingerprint density at radius 3 is 2.42 bits per heavy atom. The zero-order valence-corrected chi connectivity index (χ0v) is 18.4. The largest absolute Gasteiger partial charge is 0.493 e. The number of carbonyl (C=O) groups excluding carboxylic acids is 1. The van der Waals surface area contributed by atoms with Gasteiger partial charge in [-0.25, -0.2) is 4.98 Å². The van der Waals surface area contributed by atoms with Crippen LogP contribution in [-0.2, 0) is 0 Å². The topological polar surface area (TPSA) is 66.9 Å². The van der Waals surface area contributed by atoms with E-state index in [0.29, 0.717) is 17.1 Å². The van der Waals surface area contributed by atoms with Crippen molar-refractivity contribution in [2.75, 3.05) is 57.7 Å². The fourth-order valence-electron chi connectivity index (χ4n) is 3.83. The van der Waals surface area contributed by atoms with Gasteiger partial charge in [0.2, 0.25) is 0 Å². The number of nitrogens with one attached hydrogen (secondary N) is 1. The molecule has 1 N–H and O–H groups in total. The second-order valence-electron chi connectivity index (χ2n) is 7.84. The molecule has 0 atom stereocenters. The lowest BCUT2D eigenvalue weighted by Crippen LogP contribution is -2.44. The maximum absolute atomic E-state index is 12.8. The third-order valence-corrected chi connectivity index (χ3v) is 5.73. The van der Waals surface area contributed by atoms with Crippen molar-refractivity contribution in [1.82, 2.24) is 9.88 Å². The van der Waals surface area contributed by atoms with Crippen molar-refractivity contribution in [1.29, 1.82) is 0 Å². The molecule has 1 aliphatic rings. The fourth-order valence-corrected chi connectivity index (χ4v) is 3.83. The van der Waals surface area contributed by atoms with E-state index in [9.17, 15) is 4.79 Å². The monoisotopic (exact) mass is 420 g/mol. The average molecular weight is 421 g/mol. The van der Waals surface area contributed by atoms with Crippen LogP contribution in [0.25, 0.3) is 10.9 Å². The molecule has 1 aromatic heterocycles. The number of aromatic nitrogens is 1. The Kier molecular flexibility index (Phi) is 5.95. The van der Waals surface area contributed by atoms with Gasteiger partial charge in [0, 0.05) is 42.8 Å². The molecule has 1 amide bonds. The molecule has 0 saturated carbocycles. The van der Waals surface area contributed by atoms with E-state index in [-0.39, 0.29) is 5.91 Å². The van der Waals surface area contributed by atoms with Gasteiger partial charge in [0.1, 0.15) is 5.82 Å². The first kappa shape index (κ1) is 20.9. The van der Waals surface area contributed by atoms with Crippen molar-refractivity contribution in [2.24, 2.45) is 0 Å². The van der Waals surface area contributed by atoms with Gasteiger partial charge in [0.25, 0.3) is 5.91 Å². The quantitative estimate of drug-likeness (QED) is 0.681. The summed E-state index contributed by atoms with van der Waals surface area (Å²) in [5.41, 5.74) is 3.29. The van der Waals surface area contributed by atoms with Crippen molar-refractivity contribution in [2.45, 2.75) is 6.92 Å². The Bertz CT molecular complexity index is 1110. The van der Waals surface area contributed by atoms with Gasteiger partial charge in [0.05, 0.1) is 19.7 Å². The predicted octanol–water partition coefficient (Wildman–Crippen LogP) is 3.56. The molecule has 2 heterocycles. The number of piperazine rings is 1. The number of carbonyl (C=O) groups is 1. The Hall–Kier alpha value is -3.32. The van der Waals surface area contributed by atoms with Crippen LogP contribution in [0.5, 0.6) is 11.5 Å². The van der Waals surface area contributed by atoms with Crippen molar-refractivity contribution < 1.29 is 14.3 Å². The van der Waals surface area contributed by atoms with E-state index in [2.05, 4.69) is 35.2 Å². The van der Waals surface area contributed by atoms with Gasteiger partial charge in [-0.2, -0.15) is 0 Å². The first-order valence-corrected chi connectivity index (χ1v) is 10.4. The summed E-state index contributed by atoms with van der Waals surface area (Å²) in [6.07, 6.45) is 0. The fraction of sp³-hybridized carbons (Fsp3) is 0.333. The minimum Gasteiger partial charge on any atom is -0.493 e. The second kappa shape index (κ2) is 8.81. The summed E-state index contributed by atoms with van der Waals surface area (Å²) >= 11 is 0. The first-order valence-electron chi connectivity index (χ1n) is 10.4. The maximum atomic E-state index is 12.8. The highest BCUT2D eigenvalue weighted by molar-refractivity contribution is 6.05. The van der Waals surface area contributed by atoms with Crippen LogP contribution < -0.4 is 19.7 Å². The number of fused-ring (bicyclic) bond motifs is 1. The Balaban J connectivity index is 1.56. The van der Waals surface area contributed by atoms with Crippen LogP contribution in [0.4, 0.5) is 11.5 Å². The van der Waals surface area contributed by atoms with Crippen LogP contribution in [0.1, 0.15) is 15.9 Å². The van der Waals surface area contributed by atoms with Crippen LogP contribution in [0.3, 0.4) is 0 Å². The molecular formula is C24H28N4O3. The molecular weight excluding hydrogens is 392 g/mol. The Labute approximate surface area is 182 Å². The summed E-state index contributed by atoms with van der Waals surface area (Å²) in [6, 6.07) is 13.1. The van der Waals surface area contributed by atoms with Gasteiger partial charge in [-0.15, -0.1) is 0 Å². The van der Waals surface area contributed by atoms with Crippen LogP contribution in [-0.4, -0.2) is 63.2 Å². The summed E-state index contributed by atoms with van der Waals surface area (Å²) in [5, 5.41) is 4.00. The standard InChI is InChI=1S/C24H28N4O3/c1-16-13-23(28-11-9-27(2)10-12-28)26-20-7-6-18(15-19(16)20)25-24(29)17-5-8-21(30-3)22(14-17)31-4/h5-8,13-15H,9-12H2,1-4H3,(H,25,29). The zero-order chi connectivity index (χ0) is 22.0. The molecule has 0 radical (unpaired) electrons. The highest BCUT2D eigenvalue weighted by Crippen LogP contribution is 2.29. The second-order valence-corrected chi connectivity index (χ2v) is 7.84. The van der Waals surface area contributed by atoms with Gasteiger partial charge >= 0.3 is 0 Å². The van der Waals surface area contributed by atoms with E-state index in [4.69, 9.17) is 14.5 Å². The maximum Gasteiger partial charge on any atom is 0.255 e. The van der Waals surface area contributed by atoms with E-state index in [1.807, 2.05) is 18.2 Å². The smallest absolute Gasteiger partial charge is 0.255 e. The number of hydrogen-bond acceptors (Lipinski definition) is 6.